The molecular weight excluding hydrogens is 300 g/mol. The van der Waals surface area contributed by atoms with Crippen molar-refractivity contribution in [2.75, 3.05) is 13.2 Å². The molecule has 3 rings (SSSR count). The minimum absolute atomic E-state index is 0. The summed E-state index contributed by atoms with van der Waals surface area (Å²) in [5, 5.41) is 3.36. The number of amides is 1. The van der Waals surface area contributed by atoms with Crippen LogP contribution in [0, 0.1) is 17.8 Å². The second kappa shape index (κ2) is 8.51. The van der Waals surface area contributed by atoms with E-state index in [0.717, 1.165) is 45.3 Å². The molecule has 3 aliphatic rings. The molecule has 0 aromatic rings. The molecule has 4 nitrogen and oxygen atoms in total. The van der Waals surface area contributed by atoms with Crippen LogP contribution in [-0.4, -0.2) is 31.2 Å². The van der Waals surface area contributed by atoms with Gasteiger partial charge >= 0.3 is 0 Å². The van der Waals surface area contributed by atoms with Crippen molar-refractivity contribution in [3.8, 4) is 0 Å². The molecule has 22 heavy (non-hydrogen) atoms. The summed E-state index contributed by atoms with van der Waals surface area (Å²) in [5.74, 6) is 2.20. The van der Waals surface area contributed by atoms with Gasteiger partial charge < -0.3 is 15.8 Å². The van der Waals surface area contributed by atoms with E-state index in [9.17, 15) is 4.79 Å². The Morgan fingerprint density at radius 3 is 2.36 bits per heavy atom. The summed E-state index contributed by atoms with van der Waals surface area (Å²) in [4.78, 5) is 12.3. The van der Waals surface area contributed by atoms with Crippen molar-refractivity contribution < 1.29 is 9.53 Å². The molecule has 2 unspecified atom stereocenters. The molecule has 0 radical (unpaired) electrons. The van der Waals surface area contributed by atoms with Gasteiger partial charge in [0.25, 0.3) is 0 Å². The predicted octanol–water partition coefficient (Wildman–Crippen LogP) is 2.64. The minimum Gasteiger partial charge on any atom is -0.381 e. The summed E-state index contributed by atoms with van der Waals surface area (Å²) in [6, 6.07) is 0.761. The third-order valence-corrected chi connectivity index (χ3v) is 5.82. The van der Waals surface area contributed by atoms with Crippen molar-refractivity contribution in [2.45, 2.75) is 69.9 Å². The second-order valence-corrected chi connectivity index (χ2v) is 7.37. The van der Waals surface area contributed by atoms with E-state index in [1.54, 1.807) is 0 Å². The first kappa shape index (κ1) is 18.0. The molecule has 2 aliphatic carbocycles. The molecule has 2 saturated carbocycles. The predicted molar refractivity (Wildman–Crippen MR) is 90.0 cm³/mol. The first-order chi connectivity index (χ1) is 10.2. The summed E-state index contributed by atoms with van der Waals surface area (Å²) in [6.45, 7) is 1.74. The fourth-order valence-electron chi connectivity index (χ4n) is 4.65. The number of fused-ring (bicyclic) bond motifs is 2. The average molecular weight is 331 g/mol. The molecule has 1 aliphatic heterocycles. The number of ether oxygens (including phenoxy) is 1. The molecule has 0 aromatic carbocycles. The molecule has 2 atom stereocenters. The molecule has 1 amide bonds. The third kappa shape index (κ3) is 4.59. The Morgan fingerprint density at radius 1 is 1.09 bits per heavy atom. The maximum Gasteiger partial charge on any atom is 0.220 e. The van der Waals surface area contributed by atoms with Crippen LogP contribution in [0.25, 0.3) is 0 Å². The maximum atomic E-state index is 12.3. The van der Waals surface area contributed by atoms with Gasteiger partial charge in [0, 0.05) is 31.7 Å². The van der Waals surface area contributed by atoms with Crippen LogP contribution in [0.3, 0.4) is 0 Å². The van der Waals surface area contributed by atoms with E-state index in [0.29, 0.717) is 36.3 Å². The standard InChI is InChI=1S/C17H30N2O2.ClH/c18-15-10-13-2-1-3-14(11-15)17(13)19-16(20)5-4-12-6-8-21-9-7-12;/h12-15,17H,1-11,18H2,(H,19,20);1H. The van der Waals surface area contributed by atoms with Gasteiger partial charge in [0.15, 0.2) is 0 Å². The maximum absolute atomic E-state index is 12.3. The summed E-state index contributed by atoms with van der Waals surface area (Å²) in [7, 11) is 0. The summed E-state index contributed by atoms with van der Waals surface area (Å²) in [6.07, 6.45) is 9.96. The Hall–Kier alpha value is -0.320. The van der Waals surface area contributed by atoms with Crippen molar-refractivity contribution in [2.24, 2.45) is 23.5 Å². The lowest BCUT2D eigenvalue weighted by atomic mass is 9.67. The number of rotatable bonds is 4. The molecule has 3 fully saturated rings. The SMILES string of the molecule is Cl.NC1CC2CCCC(C1)C2NC(=O)CCC1CCOCC1. The molecule has 1 saturated heterocycles. The monoisotopic (exact) mass is 330 g/mol. The minimum atomic E-state index is 0. The van der Waals surface area contributed by atoms with Crippen LogP contribution in [0.1, 0.15) is 57.8 Å². The topological polar surface area (TPSA) is 64.3 Å². The Balaban J connectivity index is 0.00000176. The molecule has 0 spiro atoms. The highest BCUT2D eigenvalue weighted by Gasteiger charge is 2.39. The summed E-state index contributed by atoms with van der Waals surface area (Å²) >= 11 is 0. The number of carbonyl (C=O) groups is 1. The highest BCUT2D eigenvalue weighted by Crippen LogP contribution is 2.39. The van der Waals surface area contributed by atoms with Gasteiger partial charge in [0.2, 0.25) is 5.91 Å². The Morgan fingerprint density at radius 2 is 1.73 bits per heavy atom. The van der Waals surface area contributed by atoms with Crippen LogP contribution in [-0.2, 0) is 9.53 Å². The van der Waals surface area contributed by atoms with Gasteiger partial charge in [0.05, 0.1) is 0 Å². The van der Waals surface area contributed by atoms with Gasteiger partial charge in [-0.05, 0) is 62.7 Å². The number of halogens is 1. The van der Waals surface area contributed by atoms with Gasteiger partial charge in [-0.1, -0.05) is 6.42 Å². The number of nitrogens with one attached hydrogen (secondary N) is 1. The highest BCUT2D eigenvalue weighted by molar-refractivity contribution is 5.85. The van der Waals surface area contributed by atoms with Crippen LogP contribution in [0.15, 0.2) is 0 Å². The molecule has 128 valence electrons. The lowest BCUT2D eigenvalue weighted by Crippen LogP contribution is -2.53. The van der Waals surface area contributed by atoms with Crippen molar-refractivity contribution >= 4 is 18.3 Å². The van der Waals surface area contributed by atoms with Gasteiger partial charge in [-0.25, -0.2) is 0 Å². The number of carbonyl (C=O) groups excluding carboxylic acids is 1. The number of hydrogen-bond acceptors (Lipinski definition) is 3. The van der Waals surface area contributed by atoms with E-state index in [1.165, 1.54) is 19.3 Å². The molecule has 0 aromatic heterocycles. The lowest BCUT2D eigenvalue weighted by Gasteiger charge is -2.45. The highest BCUT2D eigenvalue weighted by atomic mass is 35.5. The van der Waals surface area contributed by atoms with E-state index >= 15 is 0 Å². The molecular formula is C17H31ClN2O2. The zero-order chi connectivity index (χ0) is 14.7. The zero-order valence-corrected chi connectivity index (χ0v) is 14.3. The lowest BCUT2D eigenvalue weighted by molar-refractivity contribution is -0.123. The van der Waals surface area contributed by atoms with Crippen LogP contribution in [0.5, 0.6) is 0 Å². The summed E-state index contributed by atoms with van der Waals surface area (Å²) in [5.41, 5.74) is 6.15. The molecule has 5 heteroatoms. The summed E-state index contributed by atoms with van der Waals surface area (Å²) < 4.78 is 5.38. The van der Waals surface area contributed by atoms with Gasteiger partial charge in [-0.3, -0.25) is 4.79 Å². The van der Waals surface area contributed by atoms with Gasteiger partial charge in [-0.2, -0.15) is 0 Å². The number of nitrogens with two attached hydrogens (primary N) is 1. The van der Waals surface area contributed by atoms with Crippen molar-refractivity contribution in [1.29, 1.82) is 0 Å². The first-order valence-electron chi connectivity index (χ1n) is 8.85. The fourth-order valence-corrected chi connectivity index (χ4v) is 4.65. The molecule has 3 N–H and O–H groups in total. The smallest absolute Gasteiger partial charge is 0.220 e. The van der Waals surface area contributed by atoms with Crippen molar-refractivity contribution in [1.82, 2.24) is 5.32 Å². The van der Waals surface area contributed by atoms with Gasteiger partial charge in [0.1, 0.15) is 0 Å². The Labute approximate surface area is 140 Å². The second-order valence-electron chi connectivity index (χ2n) is 7.37. The fraction of sp³-hybridized carbons (Fsp3) is 0.941. The Kier molecular flexibility index (Phi) is 6.97. The van der Waals surface area contributed by atoms with E-state index in [4.69, 9.17) is 10.5 Å². The zero-order valence-electron chi connectivity index (χ0n) is 13.5. The van der Waals surface area contributed by atoms with Crippen molar-refractivity contribution in [3.63, 3.8) is 0 Å². The van der Waals surface area contributed by atoms with Crippen molar-refractivity contribution in [3.05, 3.63) is 0 Å². The van der Waals surface area contributed by atoms with Crippen LogP contribution < -0.4 is 11.1 Å². The quantitative estimate of drug-likeness (QED) is 0.833. The number of hydrogen-bond donors (Lipinski definition) is 2. The normalized spacial score (nSPS) is 35.5. The molecule has 1 heterocycles. The Bertz CT molecular complexity index is 347. The van der Waals surface area contributed by atoms with Crippen LogP contribution in [0.4, 0.5) is 0 Å². The van der Waals surface area contributed by atoms with E-state index in [-0.39, 0.29) is 18.3 Å². The van der Waals surface area contributed by atoms with E-state index < -0.39 is 0 Å². The molecule has 2 bridgehead atoms. The van der Waals surface area contributed by atoms with Crippen LogP contribution >= 0.6 is 12.4 Å². The van der Waals surface area contributed by atoms with Gasteiger partial charge in [-0.15, -0.1) is 12.4 Å². The third-order valence-electron chi connectivity index (χ3n) is 5.82. The van der Waals surface area contributed by atoms with Crippen LogP contribution in [0.2, 0.25) is 0 Å². The first-order valence-corrected chi connectivity index (χ1v) is 8.85. The largest absolute Gasteiger partial charge is 0.381 e. The van der Waals surface area contributed by atoms with E-state index in [2.05, 4.69) is 5.32 Å². The average Bonchev–Trinajstić information content (AvgIpc) is 2.47. The van der Waals surface area contributed by atoms with E-state index in [1.807, 2.05) is 0 Å².